The molecule has 0 spiro atoms. The van der Waals surface area contributed by atoms with Crippen LogP contribution in [-0.4, -0.2) is 69.3 Å². The number of hydrogen-bond donors (Lipinski definition) is 1. The molecule has 2 heterocycles. The lowest BCUT2D eigenvalue weighted by Crippen LogP contribution is -2.50. The molecule has 7 nitrogen and oxygen atoms in total. The van der Waals surface area contributed by atoms with Gasteiger partial charge in [-0.2, -0.15) is 4.31 Å². The van der Waals surface area contributed by atoms with E-state index in [1.807, 2.05) is 36.9 Å². The lowest BCUT2D eigenvalue weighted by Gasteiger charge is -2.33. The van der Waals surface area contributed by atoms with Crippen LogP contribution in [0.2, 0.25) is 0 Å². The van der Waals surface area contributed by atoms with Crippen LogP contribution in [0.25, 0.3) is 0 Å². The van der Waals surface area contributed by atoms with E-state index in [9.17, 15) is 13.2 Å². The van der Waals surface area contributed by atoms with Crippen LogP contribution in [-0.2, 0) is 14.8 Å². The summed E-state index contributed by atoms with van der Waals surface area (Å²) in [5.41, 5.74) is 4.12. The largest absolute Gasteiger partial charge is 0.372 e. The third-order valence-electron chi connectivity index (χ3n) is 6.31. The number of hydrogen-bond acceptors (Lipinski definition) is 5. The molecule has 0 radical (unpaired) electrons. The number of carbonyl (C=O) groups is 1. The molecule has 0 aromatic heterocycles. The summed E-state index contributed by atoms with van der Waals surface area (Å²) in [6, 6.07) is 13.1. The van der Waals surface area contributed by atoms with Gasteiger partial charge < -0.3 is 10.2 Å². The summed E-state index contributed by atoms with van der Waals surface area (Å²) in [5.74, 6) is -0.0723. The predicted molar refractivity (Wildman–Crippen MR) is 128 cm³/mol. The van der Waals surface area contributed by atoms with Crippen molar-refractivity contribution in [3.8, 4) is 0 Å². The van der Waals surface area contributed by atoms with Crippen molar-refractivity contribution in [3.63, 3.8) is 0 Å². The molecule has 1 amide bonds. The van der Waals surface area contributed by atoms with Gasteiger partial charge >= 0.3 is 0 Å². The molecular weight excluding hydrogens is 424 g/mol. The van der Waals surface area contributed by atoms with E-state index in [-0.39, 0.29) is 12.5 Å². The van der Waals surface area contributed by atoms with E-state index >= 15 is 0 Å². The van der Waals surface area contributed by atoms with Gasteiger partial charge in [-0.3, -0.25) is 9.69 Å². The number of benzene rings is 2. The fourth-order valence-electron chi connectivity index (χ4n) is 4.34. The van der Waals surface area contributed by atoms with E-state index in [4.69, 9.17) is 0 Å². The molecule has 1 N–H and O–H groups in total. The summed E-state index contributed by atoms with van der Waals surface area (Å²) in [5, 5.41) is 3.02. The van der Waals surface area contributed by atoms with Crippen molar-refractivity contribution in [3.05, 3.63) is 53.6 Å². The molecule has 32 heavy (non-hydrogen) atoms. The first-order valence-corrected chi connectivity index (χ1v) is 12.7. The number of amides is 1. The number of piperazine rings is 1. The standard InChI is InChI=1S/C24H32N4O3S/c1-19-5-8-22(9-6-19)32(30,31)28-15-13-26(14-16-28)18-24(29)25-23-10-7-21(17-20(23)2)27-11-3-4-12-27/h5-10,17H,3-4,11-16,18H2,1-2H3,(H,25,29). The molecule has 2 fully saturated rings. The molecule has 0 atom stereocenters. The average Bonchev–Trinajstić information content (AvgIpc) is 3.31. The molecule has 0 unspecified atom stereocenters. The monoisotopic (exact) mass is 456 g/mol. The van der Waals surface area contributed by atoms with Crippen molar-refractivity contribution in [1.82, 2.24) is 9.21 Å². The lowest BCUT2D eigenvalue weighted by molar-refractivity contribution is -0.117. The SMILES string of the molecule is Cc1ccc(S(=O)(=O)N2CCN(CC(=O)Nc3ccc(N4CCCC4)cc3C)CC2)cc1. The van der Waals surface area contributed by atoms with Crippen molar-refractivity contribution in [2.75, 3.05) is 56.0 Å². The Morgan fingerprint density at radius 3 is 2.19 bits per heavy atom. The van der Waals surface area contributed by atoms with Gasteiger partial charge in [0.25, 0.3) is 0 Å². The van der Waals surface area contributed by atoms with Crippen LogP contribution in [0.15, 0.2) is 47.4 Å². The van der Waals surface area contributed by atoms with E-state index in [0.29, 0.717) is 31.1 Å². The summed E-state index contributed by atoms with van der Waals surface area (Å²) in [4.78, 5) is 17.3. The second-order valence-corrected chi connectivity index (χ2v) is 10.7. The number of nitrogens with one attached hydrogen (secondary N) is 1. The Labute approximate surface area is 191 Å². The predicted octanol–water partition coefficient (Wildman–Crippen LogP) is 2.85. The summed E-state index contributed by atoms with van der Waals surface area (Å²) in [6.07, 6.45) is 2.47. The van der Waals surface area contributed by atoms with Crippen LogP contribution in [0.4, 0.5) is 11.4 Å². The summed E-state index contributed by atoms with van der Waals surface area (Å²) >= 11 is 0. The van der Waals surface area contributed by atoms with Crippen LogP contribution in [0.1, 0.15) is 24.0 Å². The number of anilines is 2. The van der Waals surface area contributed by atoms with Gasteiger partial charge in [0.15, 0.2) is 0 Å². The van der Waals surface area contributed by atoms with Gasteiger partial charge in [0.2, 0.25) is 15.9 Å². The first-order chi connectivity index (χ1) is 15.3. The molecule has 2 saturated heterocycles. The lowest BCUT2D eigenvalue weighted by atomic mass is 10.1. The highest BCUT2D eigenvalue weighted by atomic mass is 32.2. The fraction of sp³-hybridized carbons (Fsp3) is 0.458. The zero-order chi connectivity index (χ0) is 22.7. The van der Waals surface area contributed by atoms with E-state index in [0.717, 1.165) is 29.9 Å². The number of carbonyl (C=O) groups excluding carboxylic acids is 1. The summed E-state index contributed by atoms with van der Waals surface area (Å²) < 4.78 is 27.2. The first-order valence-electron chi connectivity index (χ1n) is 11.3. The Kier molecular flexibility index (Phi) is 6.83. The van der Waals surface area contributed by atoms with Crippen LogP contribution in [0.5, 0.6) is 0 Å². The molecule has 0 aliphatic carbocycles. The second kappa shape index (κ2) is 9.60. The molecule has 8 heteroatoms. The van der Waals surface area contributed by atoms with Crippen LogP contribution in [0.3, 0.4) is 0 Å². The molecule has 0 bridgehead atoms. The van der Waals surface area contributed by atoms with Gasteiger partial charge in [-0.05, 0) is 62.6 Å². The Hall–Kier alpha value is -2.42. The minimum absolute atomic E-state index is 0.0723. The van der Waals surface area contributed by atoms with E-state index in [1.54, 1.807) is 12.1 Å². The van der Waals surface area contributed by atoms with Gasteiger partial charge in [0, 0.05) is 50.6 Å². The van der Waals surface area contributed by atoms with Gasteiger partial charge in [-0.25, -0.2) is 8.42 Å². The zero-order valence-corrected chi connectivity index (χ0v) is 19.7. The molecule has 2 aliphatic rings. The van der Waals surface area contributed by atoms with Crippen LogP contribution >= 0.6 is 0 Å². The summed E-state index contributed by atoms with van der Waals surface area (Å²) in [7, 11) is -3.49. The minimum atomic E-state index is -3.49. The van der Waals surface area contributed by atoms with E-state index in [1.165, 1.54) is 22.8 Å². The van der Waals surface area contributed by atoms with Crippen LogP contribution in [0, 0.1) is 13.8 Å². The van der Waals surface area contributed by atoms with Crippen molar-refractivity contribution in [2.45, 2.75) is 31.6 Å². The zero-order valence-electron chi connectivity index (χ0n) is 18.9. The van der Waals surface area contributed by atoms with Crippen molar-refractivity contribution in [2.24, 2.45) is 0 Å². The van der Waals surface area contributed by atoms with Gasteiger partial charge in [-0.1, -0.05) is 17.7 Å². The highest BCUT2D eigenvalue weighted by Crippen LogP contribution is 2.25. The van der Waals surface area contributed by atoms with Gasteiger partial charge in [-0.15, -0.1) is 0 Å². The molecule has 4 rings (SSSR count). The Balaban J connectivity index is 1.29. The number of aryl methyl sites for hydroxylation is 2. The van der Waals surface area contributed by atoms with Crippen LogP contribution < -0.4 is 10.2 Å². The third-order valence-corrected chi connectivity index (χ3v) is 8.23. The van der Waals surface area contributed by atoms with E-state index in [2.05, 4.69) is 22.3 Å². The molecule has 2 aromatic rings. The normalized spacial score (nSPS) is 18.1. The fourth-order valence-corrected chi connectivity index (χ4v) is 5.76. The number of sulfonamides is 1. The first kappa shape index (κ1) is 22.8. The summed E-state index contributed by atoms with van der Waals surface area (Å²) in [6.45, 7) is 8.23. The smallest absolute Gasteiger partial charge is 0.243 e. The molecule has 2 aromatic carbocycles. The Bertz CT molecular complexity index is 1060. The minimum Gasteiger partial charge on any atom is -0.372 e. The molecule has 2 aliphatic heterocycles. The highest BCUT2D eigenvalue weighted by Gasteiger charge is 2.29. The third kappa shape index (κ3) is 5.14. The molecular formula is C24H32N4O3S. The maximum Gasteiger partial charge on any atom is 0.243 e. The quantitative estimate of drug-likeness (QED) is 0.724. The maximum atomic E-state index is 12.9. The number of nitrogens with zero attached hydrogens (tertiary/aromatic N) is 3. The van der Waals surface area contributed by atoms with Gasteiger partial charge in [0.05, 0.1) is 11.4 Å². The Morgan fingerprint density at radius 1 is 0.906 bits per heavy atom. The second-order valence-electron chi connectivity index (χ2n) is 8.73. The van der Waals surface area contributed by atoms with Gasteiger partial charge in [0.1, 0.15) is 0 Å². The van der Waals surface area contributed by atoms with E-state index < -0.39 is 10.0 Å². The average molecular weight is 457 g/mol. The topological polar surface area (TPSA) is 73.0 Å². The van der Waals surface area contributed by atoms with Crippen molar-refractivity contribution >= 4 is 27.3 Å². The number of rotatable bonds is 6. The molecule has 0 saturated carbocycles. The Morgan fingerprint density at radius 2 is 1.56 bits per heavy atom. The highest BCUT2D eigenvalue weighted by molar-refractivity contribution is 7.89. The molecule has 172 valence electrons. The van der Waals surface area contributed by atoms with Crippen molar-refractivity contribution in [1.29, 1.82) is 0 Å². The van der Waals surface area contributed by atoms with Crippen molar-refractivity contribution < 1.29 is 13.2 Å². The maximum absolute atomic E-state index is 12.9.